The number of alkyl halides is 3. The number of halogens is 4. The fraction of sp³-hybridized carbons (Fsp3) is 0.200. The maximum absolute atomic E-state index is 12.8. The van der Waals surface area contributed by atoms with Gasteiger partial charge in [0.1, 0.15) is 18.1 Å². The second-order valence-electron chi connectivity index (χ2n) is 6.27. The van der Waals surface area contributed by atoms with Gasteiger partial charge in [0.2, 0.25) is 5.82 Å². The molecule has 0 aliphatic rings. The Labute approximate surface area is 178 Å². The van der Waals surface area contributed by atoms with E-state index in [1.165, 1.54) is 24.3 Å². The molecule has 0 aliphatic heterocycles. The lowest BCUT2D eigenvalue weighted by Gasteiger charge is -2.08. The topological polar surface area (TPSA) is 104 Å². The number of hydrogen-bond donors (Lipinski definition) is 1. The Morgan fingerprint density at radius 1 is 1.00 bits per heavy atom. The van der Waals surface area contributed by atoms with Crippen molar-refractivity contribution < 1.29 is 41.1 Å². The number of nitrogens with one attached hydrogen (secondary N) is 1. The molecule has 1 aromatic heterocycles. The monoisotopic (exact) mass is 453 g/mol. The number of carbonyl (C=O) groups is 2. The van der Waals surface area contributed by atoms with E-state index in [1.54, 1.807) is 0 Å². The fourth-order valence-corrected chi connectivity index (χ4v) is 2.34. The first-order chi connectivity index (χ1) is 15.2. The van der Waals surface area contributed by atoms with Gasteiger partial charge in [-0.3, -0.25) is 9.59 Å². The summed E-state index contributed by atoms with van der Waals surface area (Å²) in [4.78, 5) is 27.6. The van der Waals surface area contributed by atoms with E-state index in [0.717, 1.165) is 24.3 Å². The van der Waals surface area contributed by atoms with E-state index in [9.17, 15) is 27.2 Å². The average molecular weight is 453 g/mol. The average Bonchev–Trinajstić information content (AvgIpc) is 3.23. The minimum absolute atomic E-state index is 0.0230. The minimum atomic E-state index is -4.51. The van der Waals surface area contributed by atoms with Gasteiger partial charge >= 0.3 is 12.1 Å². The highest BCUT2D eigenvalue weighted by Crippen LogP contribution is 2.29. The number of nitrogens with zero attached hydrogens (tertiary/aromatic N) is 2. The summed E-state index contributed by atoms with van der Waals surface area (Å²) in [5, 5.41) is 5.87. The van der Waals surface area contributed by atoms with Gasteiger partial charge in [0.05, 0.1) is 5.56 Å². The number of esters is 1. The van der Waals surface area contributed by atoms with Crippen LogP contribution in [0.25, 0.3) is 0 Å². The predicted octanol–water partition coefficient (Wildman–Crippen LogP) is 3.28. The van der Waals surface area contributed by atoms with Gasteiger partial charge < -0.3 is 19.3 Å². The van der Waals surface area contributed by atoms with Crippen LogP contribution in [0.5, 0.6) is 5.75 Å². The van der Waals surface area contributed by atoms with E-state index in [2.05, 4.69) is 15.5 Å². The van der Waals surface area contributed by atoms with E-state index in [4.69, 9.17) is 14.0 Å². The highest BCUT2D eigenvalue weighted by Gasteiger charge is 2.30. The molecule has 1 N–H and O–H groups in total. The van der Waals surface area contributed by atoms with Crippen LogP contribution < -0.4 is 10.1 Å². The molecule has 0 radical (unpaired) electrons. The molecular formula is C20H15F4N3O5. The molecule has 0 saturated heterocycles. The molecule has 0 unspecified atom stereocenters. The van der Waals surface area contributed by atoms with E-state index in [0.29, 0.717) is 5.75 Å². The zero-order valence-electron chi connectivity index (χ0n) is 16.2. The summed E-state index contributed by atoms with van der Waals surface area (Å²) in [5.41, 5.74) is -0.941. The van der Waals surface area contributed by atoms with Crippen molar-refractivity contribution in [2.75, 3.05) is 6.54 Å². The van der Waals surface area contributed by atoms with Crippen LogP contribution in [-0.2, 0) is 28.9 Å². The van der Waals surface area contributed by atoms with Gasteiger partial charge in [-0.2, -0.15) is 18.2 Å². The molecule has 0 spiro atoms. The Morgan fingerprint density at radius 3 is 2.34 bits per heavy atom. The normalized spacial score (nSPS) is 11.1. The molecule has 168 valence electrons. The molecule has 2 aromatic carbocycles. The van der Waals surface area contributed by atoms with Crippen LogP contribution in [0.2, 0.25) is 0 Å². The summed E-state index contributed by atoms with van der Waals surface area (Å²) >= 11 is 0. The molecule has 1 amide bonds. The summed E-state index contributed by atoms with van der Waals surface area (Å²) in [6, 6.07) is 8.84. The van der Waals surface area contributed by atoms with Crippen LogP contribution in [0.1, 0.15) is 27.6 Å². The van der Waals surface area contributed by atoms with E-state index in [-0.39, 0.29) is 30.5 Å². The Kier molecular flexibility index (Phi) is 7.03. The maximum atomic E-state index is 12.8. The maximum Gasteiger partial charge on any atom is 0.416 e. The Hall–Kier alpha value is -3.96. The van der Waals surface area contributed by atoms with Gasteiger partial charge in [0, 0.05) is 5.56 Å². The largest absolute Gasteiger partial charge is 0.485 e. The van der Waals surface area contributed by atoms with Gasteiger partial charge in [-0.05, 0) is 48.5 Å². The first-order valence-corrected chi connectivity index (χ1v) is 9.01. The highest BCUT2D eigenvalue weighted by atomic mass is 19.4. The number of rotatable bonds is 8. The Balaban J connectivity index is 1.40. The summed E-state index contributed by atoms with van der Waals surface area (Å²) in [6.45, 7) is -0.945. The van der Waals surface area contributed by atoms with Gasteiger partial charge in [-0.15, -0.1) is 0 Å². The summed E-state index contributed by atoms with van der Waals surface area (Å²) in [7, 11) is 0. The van der Waals surface area contributed by atoms with Crippen LogP contribution in [0.4, 0.5) is 17.6 Å². The third-order valence-electron chi connectivity index (χ3n) is 3.92. The van der Waals surface area contributed by atoms with E-state index in [1.807, 2.05) is 0 Å². The molecule has 32 heavy (non-hydrogen) atoms. The number of benzene rings is 2. The molecule has 12 heteroatoms. The molecule has 0 saturated carbocycles. The number of aromatic nitrogens is 2. The first kappa shape index (κ1) is 22.7. The van der Waals surface area contributed by atoms with Gasteiger partial charge in [-0.25, -0.2) is 4.39 Å². The second kappa shape index (κ2) is 9.90. The van der Waals surface area contributed by atoms with Crippen molar-refractivity contribution in [2.24, 2.45) is 0 Å². The zero-order chi connectivity index (χ0) is 23.1. The minimum Gasteiger partial charge on any atom is -0.485 e. The summed E-state index contributed by atoms with van der Waals surface area (Å²) < 4.78 is 65.6. The molecule has 0 fully saturated rings. The molecule has 3 rings (SSSR count). The summed E-state index contributed by atoms with van der Waals surface area (Å²) in [6.07, 6.45) is -4.51. The van der Waals surface area contributed by atoms with Crippen LogP contribution in [-0.4, -0.2) is 28.6 Å². The molecular weight excluding hydrogens is 438 g/mol. The second-order valence-corrected chi connectivity index (χ2v) is 6.27. The lowest BCUT2D eigenvalue weighted by molar-refractivity contribution is -0.144. The van der Waals surface area contributed by atoms with Crippen molar-refractivity contribution in [3.05, 3.63) is 77.2 Å². The number of ether oxygens (including phenoxy) is 2. The number of amides is 1. The van der Waals surface area contributed by atoms with Crippen molar-refractivity contribution >= 4 is 11.9 Å². The van der Waals surface area contributed by atoms with Crippen LogP contribution in [0.3, 0.4) is 0 Å². The van der Waals surface area contributed by atoms with Crippen LogP contribution in [0.15, 0.2) is 53.1 Å². The summed E-state index contributed by atoms with van der Waals surface area (Å²) in [5.74, 6) is -1.44. The third-order valence-corrected chi connectivity index (χ3v) is 3.92. The Morgan fingerprint density at radius 2 is 1.69 bits per heavy atom. The van der Waals surface area contributed by atoms with Crippen molar-refractivity contribution in [1.29, 1.82) is 0 Å². The van der Waals surface area contributed by atoms with Crippen LogP contribution >= 0.6 is 0 Å². The highest BCUT2D eigenvalue weighted by molar-refractivity contribution is 5.95. The quantitative estimate of drug-likeness (QED) is 0.412. The SMILES string of the molecule is O=C(CNC(=O)c1ccc(C(F)(F)F)cc1)OCc1nc(COc2ccc(F)cc2)no1. The van der Waals surface area contributed by atoms with Crippen molar-refractivity contribution in [1.82, 2.24) is 15.5 Å². The van der Waals surface area contributed by atoms with Crippen LogP contribution in [0, 0.1) is 5.82 Å². The molecule has 0 bridgehead atoms. The first-order valence-electron chi connectivity index (χ1n) is 9.01. The fourth-order valence-electron chi connectivity index (χ4n) is 2.34. The number of hydrogen-bond acceptors (Lipinski definition) is 7. The standard InChI is InChI=1S/C20H15F4N3O5/c21-14-5-7-15(8-6-14)30-10-16-26-17(32-27-16)11-31-18(28)9-25-19(29)12-1-3-13(4-2-12)20(22,23)24/h1-8H,9-11H2,(H,25,29). The third kappa shape index (κ3) is 6.52. The molecule has 1 heterocycles. The van der Waals surface area contributed by atoms with E-state index >= 15 is 0 Å². The van der Waals surface area contributed by atoms with Crippen molar-refractivity contribution in [3.8, 4) is 5.75 Å². The molecule has 8 nitrogen and oxygen atoms in total. The lowest BCUT2D eigenvalue weighted by Crippen LogP contribution is -2.30. The molecule has 3 aromatic rings. The lowest BCUT2D eigenvalue weighted by atomic mass is 10.1. The Bertz CT molecular complexity index is 1070. The van der Waals surface area contributed by atoms with Gasteiger partial charge in [-0.1, -0.05) is 5.16 Å². The molecule has 0 atom stereocenters. The predicted molar refractivity (Wildman–Crippen MR) is 98.6 cm³/mol. The van der Waals surface area contributed by atoms with Crippen molar-refractivity contribution in [2.45, 2.75) is 19.4 Å². The smallest absolute Gasteiger partial charge is 0.416 e. The van der Waals surface area contributed by atoms with Gasteiger partial charge in [0.25, 0.3) is 11.8 Å². The van der Waals surface area contributed by atoms with E-state index < -0.39 is 36.0 Å². The number of carbonyl (C=O) groups excluding carboxylic acids is 2. The zero-order valence-corrected chi connectivity index (χ0v) is 16.2. The molecule has 0 aliphatic carbocycles. The van der Waals surface area contributed by atoms with Crippen molar-refractivity contribution in [3.63, 3.8) is 0 Å². The van der Waals surface area contributed by atoms with Gasteiger partial charge in [0.15, 0.2) is 13.2 Å².